The van der Waals surface area contributed by atoms with E-state index in [1.807, 2.05) is 31.4 Å². The third kappa shape index (κ3) is 3.80. The molecule has 0 spiro atoms. The summed E-state index contributed by atoms with van der Waals surface area (Å²) in [5.41, 5.74) is 4.66. The van der Waals surface area contributed by atoms with Gasteiger partial charge in [0, 0.05) is 39.7 Å². The number of nitrogens with one attached hydrogen (secondary N) is 1. The molecule has 33 heavy (non-hydrogen) atoms. The highest BCUT2D eigenvalue weighted by molar-refractivity contribution is 9.10. The summed E-state index contributed by atoms with van der Waals surface area (Å²) in [7, 11) is 1.86. The van der Waals surface area contributed by atoms with Gasteiger partial charge in [-0.2, -0.15) is 18.3 Å². The Kier molecular flexibility index (Phi) is 5.23. The van der Waals surface area contributed by atoms with Gasteiger partial charge in [-0.3, -0.25) is 4.68 Å². The van der Waals surface area contributed by atoms with Crippen LogP contribution in [0.25, 0.3) is 44.6 Å². The lowest BCUT2D eigenvalue weighted by Gasteiger charge is -2.09. The number of benzene rings is 2. The van der Waals surface area contributed by atoms with Crippen LogP contribution in [0.5, 0.6) is 0 Å². The molecule has 1 N–H and O–H groups in total. The molecular formula is C24H19BrF3N5. The van der Waals surface area contributed by atoms with Gasteiger partial charge in [0.1, 0.15) is 16.7 Å². The van der Waals surface area contributed by atoms with Crippen LogP contribution in [-0.4, -0.2) is 24.7 Å². The van der Waals surface area contributed by atoms with Gasteiger partial charge in [-0.15, -0.1) is 0 Å². The van der Waals surface area contributed by atoms with E-state index in [9.17, 15) is 13.2 Å². The molecule has 5 nitrogen and oxygen atoms in total. The number of halogens is 4. The van der Waals surface area contributed by atoms with Crippen molar-refractivity contribution in [2.75, 3.05) is 0 Å². The molecule has 2 aromatic carbocycles. The van der Waals surface area contributed by atoms with Crippen LogP contribution in [-0.2, 0) is 19.6 Å². The van der Waals surface area contributed by atoms with Gasteiger partial charge in [0.05, 0.1) is 11.3 Å². The number of hydrogen-bond acceptors (Lipinski definition) is 3. The summed E-state index contributed by atoms with van der Waals surface area (Å²) in [5, 5.41) is 5.65. The molecular weight excluding hydrogens is 495 g/mol. The topological polar surface area (TPSA) is 59.4 Å². The molecule has 0 bridgehead atoms. The number of aromatic amines is 1. The second-order valence-corrected chi connectivity index (χ2v) is 8.80. The molecule has 3 aromatic heterocycles. The molecule has 0 radical (unpaired) electrons. The summed E-state index contributed by atoms with van der Waals surface area (Å²) in [6, 6.07) is 10.9. The van der Waals surface area contributed by atoms with Crippen molar-refractivity contribution in [1.29, 1.82) is 0 Å². The first-order valence-electron chi connectivity index (χ1n) is 10.4. The van der Waals surface area contributed by atoms with Gasteiger partial charge in [0.25, 0.3) is 0 Å². The van der Waals surface area contributed by atoms with Gasteiger partial charge < -0.3 is 4.98 Å². The molecule has 0 fully saturated rings. The first-order chi connectivity index (χ1) is 15.8. The zero-order chi connectivity index (χ0) is 23.3. The number of rotatable bonds is 4. The average molecular weight is 514 g/mol. The van der Waals surface area contributed by atoms with Crippen LogP contribution in [0.1, 0.15) is 24.6 Å². The summed E-state index contributed by atoms with van der Waals surface area (Å²) >= 11 is 3.49. The van der Waals surface area contributed by atoms with E-state index in [4.69, 9.17) is 9.97 Å². The summed E-state index contributed by atoms with van der Waals surface area (Å²) in [6.07, 6.45) is -0.879. The van der Waals surface area contributed by atoms with Crippen molar-refractivity contribution in [3.8, 4) is 22.6 Å². The van der Waals surface area contributed by atoms with Crippen LogP contribution in [0, 0.1) is 0 Å². The monoisotopic (exact) mass is 513 g/mol. The normalized spacial score (nSPS) is 12.2. The molecule has 0 amide bonds. The van der Waals surface area contributed by atoms with Crippen LogP contribution in [0.15, 0.2) is 53.1 Å². The maximum atomic E-state index is 13.0. The quantitative estimate of drug-likeness (QED) is 0.284. The second-order valence-electron chi connectivity index (χ2n) is 7.88. The van der Waals surface area contributed by atoms with Crippen molar-refractivity contribution < 1.29 is 13.2 Å². The van der Waals surface area contributed by atoms with E-state index in [0.717, 1.165) is 57.1 Å². The number of aryl methyl sites for hydroxylation is 2. The maximum Gasteiger partial charge on any atom is 0.416 e. The molecule has 0 aliphatic rings. The Balaban J connectivity index is 1.77. The van der Waals surface area contributed by atoms with Crippen LogP contribution < -0.4 is 0 Å². The van der Waals surface area contributed by atoms with Gasteiger partial charge in [-0.25, -0.2) is 9.97 Å². The number of fused-ring (bicyclic) bond motifs is 2. The Bertz CT molecular complexity index is 1480. The molecule has 3 heterocycles. The summed E-state index contributed by atoms with van der Waals surface area (Å²) in [6.45, 7) is 2.07. The fourth-order valence-electron chi connectivity index (χ4n) is 4.07. The van der Waals surface area contributed by atoms with Crippen LogP contribution in [0.2, 0.25) is 0 Å². The number of nitrogens with zero attached hydrogens (tertiary/aromatic N) is 4. The van der Waals surface area contributed by atoms with E-state index < -0.39 is 11.7 Å². The average Bonchev–Trinajstić information content (AvgIpc) is 3.33. The Hall–Kier alpha value is -3.20. The Morgan fingerprint density at radius 1 is 1.06 bits per heavy atom. The molecule has 0 unspecified atom stereocenters. The van der Waals surface area contributed by atoms with Gasteiger partial charge in [0.15, 0.2) is 5.82 Å². The van der Waals surface area contributed by atoms with Crippen LogP contribution in [0.4, 0.5) is 13.2 Å². The molecule has 5 rings (SSSR count). The zero-order valence-electron chi connectivity index (χ0n) is 17.8. The van der Waals surface area contributed by atoms with E-state index in [1.54, 1.807) is 4.68 Å². The van der Waals surface area contributed by atoms with Crippen molar-refractivity contribution in [2.45, 2.75) is 25.9 Å². The van der Waals surface area contributed by atoms with E-state index in [2.05, 4.69) is 32.9 Å². The van der Waals surface area contributed by atoms with Crippen LogP contribution >= 0.6 is 15.9 Å². The first-order valence-corrected chi connectivity index (χ1v) is 11.2. The highest BCUT2D eigenvalue weighted by atomic mass is 79.9. The Labute approximate surface area is 195 Å². The van der Waals surface area contributed by atoms with E-state index in [0.29, 0.717) is 22.6 Å². The standard InChI is InChI=1S/C24H19BrF3N5/c1-3-4-18-21-22(33(2)32-18)20(17-12-29-19-11-15(25)9-10-16(17)19)30-23(31-21)13-5-7-14(8-6-13)24(26,27)28/h5-12,29H,3-4H2,1-2H3. The minimum atomic E-state index is -4.40. The lowest BCUT2D eigenvalue weighted by Crippen LogP contribution is -2.04. The Morgan fingerprint density at radius 2 is 1.82 bits per heavy atom. The molecule has 0 atom stereocenters. The third-order valence-electron chi connectivity index (χ3n) is 5.61. The third-order valence-corrected chi connectivity index (χ3v) is 6.10. The minimum absolute atomic E-state index is 0.364. The molecule has 0 saturated heterocycles. The van der Waals surface area contributed by atoms with Gasteiger partial charge >= 0.3 is 6.18 Å². The minimum Gasteiger partial charge on any atom is -0.360 e. The molecule has 0 saturated carbocycles. The van der Waals surface area contributed by atoms with Crippen molar-refractivity contribution in [1.82, 2.24) is 24.7 Å². The maximum absolute atomic E-state index is 13.0. The highest BCUT2D eigenvalue weighted by Crippen LogP contribution is 2.36. The zero-order valence-corrected chi connectivity index (χ0v) is 19.4. The highest BCUT2D eigenvalue weighted by Gasteiger charge is 2.30. The predicted molar refractivity (Wildman–Crippen MR) is 126 cm³/mol. The predicted octanol–water partition coefficient (Wildman–Crippen LogP) is 6.91. The second kappa shape index (κ2) is 7.98. The van der Waals surface area contributed by atoms with E-state index in [-0.39, 0.29) is 0 Å². The molecule has 0 aliphatic heterocycles. The Morgan fingerprint density at radius 3 is 2.52 bits per heavy atom. The SMILES string of the molecule is CCCc1nn(C)c2c(-c3c[nH]c4cc(Br)ccc34)nc(-c3ccc(C(F)(F)F)cc3)nc12. The summed E-state index contributed by atoms with van der Waals surface area (Å²) < 4.78 is 41.9. The molecule has 168 valence electrons. The largest absolute Gasteiger partial charge is 0.416 e. The molecule has 9 heteroatoms. The van der Waals surface area contributed by atoms with E-state index in [1.165, 1.54) is 12.1 Å². The van der Waals surface area contributed by atoms with Crippen LogP contribution in [0.3, 0.4) is 0 Å². The lowest BCUT2D eigenvalue weighted by molar-refractivity contribution is -0.137. The smallest absolute Gasteiger partial charge is 0.360 e. The van der Waals surface area contributed by atoms with Crippen molar-refractivity contribution >= 4 is 37.9 Å². The van der Waals surface area contributed by atoms with Gasteiger partial charge in [-0.1, -0.05) is 47.5 Å². The summed E-state index contributed by atoms with van der Waals surface area (Å²) in [4.78, 5) is 12.9. The summed E-state index contributed by atoms with van der Waals surface area (Å²) in [5.74, 6) is 0.364. The molecule has 0 aliphatic carbocycles. The van der Waals surface area contributed by atoms with E-state index >= 15 is 0 Å². The van der Waals surface area contributed by atoms with Crippen molar-refractivity contribution in [3.63, 3.8) is 0 Å². The molecule has 5 aromatic rings. The number of aromatic nitrogens is 5. The number of H-pyrrole nitrogens is 1. The fourth-order valence-corrected chi connectivity index (χ4v) is 4.43. The number of alkyl halides is 3. The van der Waals surface area contributed by atoms with Crippen molar-refractivity contribution in [2.24, 2.45) is 7.05 Å². The fraction of sp³-hybridized carbons (Fsp3) is 0.208. The number of hydrogen-bond donors (Lipinski definition) is 1. The van der Waals surface area contributed by atoms with Crippen molar-refractivity contribution in [3.05, 3.63) is 64.4 Å². The van der Waals surface area contributed by atoms with Gasteiger partial charge in [0.2, 0.25) is 0 Å². The van der Waals surface area contributed by atoms with Gasteiger partial charge in [-0.05, 0) is 30.7 Å². The first kappa shape index (κ1) is 21.6. The lowest BCUT2D eigenvalue weighted by atomic mass is 10.1.